The Morgan fingerprint density at radius 1 is 0.457 bits per heavy atom. The lowest BCUT2D eigenvalue weighted by Crippen LogP contribution is -1.92. The summed E-state index contributed by atoms with van der Waals surface area (Å²) in [6.07, 6.45) is 3.65. The van der Waals surface area contributed by atoms with Crippen molar-refractivity contribution in [3.8, 4) is 22.5 Å². The highest BCUT2D eigenvalue weighted by atomic mass is 14.8. The average Bonchev–Trinajstić information content (AvgIpc) is 2.92. The van der Waals surface area contributed by atoms with Gasteiger partial charge in [-0.05, 0) is 55.0 Å². The molecule has 0 aliphatic rings. The maximum absolute atomic E-state index is 5.05. The minimum atomic E-state index is 0.921. The fraction of sp³-hybridized carbons (Fsp3) is 0.0323. The molecule has 4 aromatic heterocycles. The van der Waals surface area contributed by atoms with E-state index < -0.39 is 0 Å². The van der Waals surface area contributed by atoms with Crippen LogP contribution in [0.15, 0.2) is 103 Å². The number of hydrogen-bond donors (Lipinski definition) is 0. The minimum absolute atomic E-state index is 0.921. The van der Waals surface area contributed by atoms with Crippen molar-refractivity contribution < 1.29 is 0 Å². The summed E-state index contributed by atoms with van der Waals surface area (Å²) in [5.41, 5.74) is 8.83. The van der Waals surface area contributed by atoms with Crippen molar-refractivity contribution in [2.45, 2.75) is 6.92 Å². The normalized spacial score (nSPS) is 11.6. The molecule has 0 amide bonds. The summed E-state index contributed by atoms with van der Waals surface area (Å²) in [7, 11) is 0. The molecule has 0 bridgehead atoms. The highest BCUT2D eigenvalue weighted by Crippen LogP contribution is 2.31. The monoisotopic (exact) mass is 448 g/mol. The summed E-state index contributed by atoms with van der Waals surface area (Å²) in [4.78, 5) is 19.3. The Labute approximate surface area is 202 Å². The molecular formula is C31H20N4. The topological polar surface area (TPSA) is 51.6 Å². The lowest BCUT2D eigenvalue weighted by Gasteiger charge is -2.10. The van der Waals surface area contributed by atoms with Crippen LogP contribution >= 0.6 is 0 Å². The van der Waals surface area contributed by atoms with E-state index in [1.807, 2.05) is 24.5 Å². The van der Waals surface area contributed by atoms with Gasteiger partial charge in [-0.2, -0.15) is 0 Å². The van der Waals surface area contributed by atoms with Crippen molar-refractivity contribution in [3.05, 3.63) is 109 Å². The molecule has 0 saturated heterocycles. The number of nitrogens with zero attached hydrogens (tertiary/aromatic N) is 4. The van der Waals surface area contributed by atoms with E-state index in [9.17, 15) is 0 Å². The van der Waals surface area contributed by atoms with Crippen molar-refractivity contribution >= 4 is 43.6 Å². The standard InChI is InChI=1S/C31H20N4/c1-19-16-24(26-12-10-22-8-6-20-4-2-14-32-28(20)30(22)34-26)18-25(17-19)27-13-11-23-9-7-21-5-3-15-33-29(21)31(23)35-27/h2-18H,1H3. The number of rotatable bonds is 2. The third-order valence-electron chi connectivity index (χ3n) is 6.53. The van der Waals surface area contributed by atoms with E-state index >= 15 is 0 Å². The molecule has 0 N–H and O–H groups in total. The zero-order chi connectivity index (χ0) is 23.4. The van der Waals surface area contributed by atoms with Gasteiger partial charge in [0.25, 0.3) is 0 Å². The lowest BCUT2D eigenvalue weighted by molar-refractivity contribution is 1.34. The molecule has 0 aliphatic heterocycles. The summed E-state index contributed by atoms with van der Waals surface area (Å²) in [6, 6.07) is 31.4. The average molecular weight is 449 g/mol. The van der Waals surface area contributed by atoms with Crippen molar-refractivity contribution in [1.82, 2.24) is 19.9 Å². The van der Waals surface area contributed by atoms with Crippen LogP contribution in [0.4, 0.5) is 0 Å². The molecule has 35 heavy (non-hydrogen) atoms. The number of fused-ring (bicyclic) bond motifs is 6. The van der Waals surface area contributed by atoms with E-state index in [1.165, 1.54) is 0 Å². The first-order chi connectivity index (χ1) is 17.2. The van der Waals surface area contributed by atoms with Crippen LogP contribution in [-0.4, -0.2) is 19.9 Å². The predicted molar refractivity (Wildman–Crippen MR) is 143 cm³/mol. The summed E-state index contributed by atoms with van der Waals surface area (Å²) in [6.45, 7) is 2.11. The molecule has 4 heteroatoms. The van der Waals surface area contributed by atoms with Gasteiger partial charge in [0, 0.05) is 45.1 Å². The van der Waals surface area contributed by atoms with Crippen LogP contribution in [0.2, 0.25) is 0 Å². The van der Waals surface area contributed by atoms with Crippen LogP contribution < -0.4 is 0 Å². The zero-order valence-electron chi connectivity index (χ0n) is 19.1. The van der Waals surface area contributed by atoms with Crippen molar-refractivity contribution in [3.63, 3.8) is 0 Å². The Morgan fingerprint density at radius 3 is 1.37 bits per heavy atom. The lowest BCUT2D eigenvalue weighted by atomic mass is 10.00. The van der Waals surface area contributed by atoms with E-state index in [0.717, 1.165) is 71.7 Å². The Morgan fingerprint density at radius 2 is 0.886 bits per heavy atom. The number of aryl methyl sites for hydroxylation is 1. The second-order valence-electron chi connectivity index (χ2n) is 8.91. The van der Waals surface area contributed by atoms with Crippen LogP contribution in [0, 0.1) is 6.92 Å². The number of aromatic nitrogens is 4. The molecule has 4 nitrogen and oxygen atoms in total. The number of pyridine rings is 4. The van der Waals surface area contributed by atoms with Gasteiger partial charge in [-0.3, -0.25) is 9.97 Å². The smallest absolute Gasteiger partial charge is 0.0972 e. The van der Waals surface area contributed by atoms with E-state index in [0.29, 0.717) is 0 Å². The SMILES string of the molecule is Cc1cc(-c2ccc3ccc4cccnc4c3n2)cc(-c2ccc3ccc4cccnc4c3n2)c1. The summed E-state index contributed by atoms with van der Waals surface area (Å²) >= 11 is 0. The van der Waals surface area contributed by atoms with E-state index in [-0.39, 0.29) is 0 Å². The van der Waals surface area contributed by atoms with E-state index in [4.69, 9.17) is 9.97 Å². The maximum Gasteiger partial charge on any atom is 0.0972 e. The maximum atomic E-state index is 5.05. The molecule has 0 saturated carbocycles. The van der Waals surface area contributed by atoms with Gasteiger partial charge in [0.1, 0.15) is 0 Å². The van der Waals surface area contributed by atoms with Crippen LogP contribution in [0.25, 0.3) is 66.1 Å². The predicted octanol–water partition coefficient (Wildman–Crippen LogP) is 7.52. The second kappa shape index (κ2) is 7.67. The van der Waals surface area contributed by atoms with Gasteiger partial charge in [-0.15, -0.1) is 0 Å². The van der Waals surface area contributed by atoms with E-state index in [2.05, 4.69) is 95.8 Å². The van der Waals surface area contributed by atoms with Crippen LogP contribution in [0.5, 0.6) is 0 Å². The fourth-order valence-corrected chi connectivity index (χ4v) is 4.85. The summed E-state index contributed by atoms with van der Waals surface area (Å²) in [5, 5.41) is 4.36. The van der Waals surface area contributed by atoms with Crippen LogP contribution in [0.3, 0.4) is 0 Å². The Bertz CT molecular complexity index is 1790. The third kappa shape index (κ3) is 3.30. The minimum Gasteiger partial charge on any atom is -0.254 e. The Balaban J connectivity index is 1.40. The molecule has 7 aromatic rings. The van der Waals surface area contributed by atoms with Gasteiger partial charge in [0.2, 0.25) is 0 Å². The molecule has 0 unspecified atom stereocenters. The molecule has 0 aliphatic carbocycles. The molecule has 0 radical (unpaired) electrons. The summed E-state index contributed by atoms with van der Waals surface area (Å²) in [5.74, 6) is 0. The molecule has 0 atom stereocenters. The second-order valence-corrected chi connectivity index (χ2v) is 8.91. The largest absolute Gasteiger partial charge is 0.254 e. The van der Waals surface area contributed by atoms with Crippen molar-refractivity contribution in [2.24, 2.45) is 0 Å². The fourth-order valence-electron chi connectivity index (χ4n) is 4.85. The van der Waals surface area contributed by atoms with Gasteiger partial charge >= 0.3 is 0 Å². The summed E-state index contributed by atoms with van der Waals surface area (Å²) < 4.78 is 0. The van der Waals surface area contributed by atoms with E-state index in [1.54, 1.807) is 0 Å². The Hall–Kier alpha value is -4.70. The van der Waals surface area contributed by atoms with Gasteiger partial charge in [-0.1, -0.05) is 48.5 Å². The van der Waals surface area contributed by atoms with Crippen LogP contribution in [0.1, 0.15) is 5.56 Å². The van der Waals surface area contributed by atoms with Gasteiger partial charge in [0.15, 0.2) is 0 Å². The first-order valence-electron chi connectivity index (χ1n) is 11.6. The van der Waals surface area contributed by atoms with Gasteiger partial charge in [0.05, 0.1) is 33.5 Å². The zero-order valence-corrected chi connectivity index (χ0v) is 19.1. The molecule has 3 aromatic carbocycles. The quantitative estimate of drug-likeness (QED) is 0.257. The van der Waals surface area contributed by atoms with Crippen LogP contribution in [-0.2, 0) is 0 Å². The first-order valence-corrected chi connectivity index (χ1v) is 11.6. The highest BCUT2D eigenvalue weighted by molar-refractivity contribution is 6.04. The molecule has 0 fully saturated rings. The number of hydrogen-bond acceptors (Lipinski definition) is 4. The molecule has 4 heterocycles. The highest BCUT2D eigenvalue weighted by Gasteiger charge is 2.11. The molecule has 0 spiro atoms. The van der Waals surface area contributed by atoms with Gasteiger partial charge < -0.3 is 0 Å². The first kappa shape index (κ1) is 19.7. The Kier molecular flexibility index (Phi) is 4.33. The van der Waals surface area contributed by atoms with Crippen molar-refractivity contribution in [2.75, 3.05) is 0 Å². The van der Waals surface area contributed by atoms with Crippen molar-refractivity contribution in [1.29, 1.82) is 0 Å². The molecule has 7 rings (SSSR count). The third-order valence-corrected chi connectivity index (χ3v) is 6.53. The molecular weight excluding hydrogens is 428 g/mol. The molecule has 164 valence electrons. The number of benzene rings is 3. The van der Waals surface area contributed by atoms with Gasteiger partial charge in [-0.25, -0.2) is 9.97 Å².